The predicted octanol–water partition coefficient (Wildman–Crippen LogP) is 4.37. The summed E-state index contributed by atoms with van der Waals surface area (Å²) in [6.07, 6.45) is 11.1. The van der Waals surface area contributed by atoms with Gasteiger partial charge in [-0.3, -0.25) is 4.90 Å². The van der Waals surface area contributed by atoms with Gasteiger partial charge >= 0.3 is 6.09 Å². The Labute approximate surface area is 176 Å². The lowest BCUT2D eigenvalue weighted by Crippen LogP contribution is -2.40. The summed E-state index contributed by atoms with van der Waals surface area (Å²) in [5, 5.41) is 10.4. The first-order valence-corrected chi connectivity index (χ1v) is 11.6. The second-order valence-electron chi connectivity index (χ2n) is 8.65. The molecule has 0 spiro atoms. The number of nitrogens with zero attached hydrogens (tertiary/aromatic N) is 2. The Bertz CT molecular complexity index is 610. The van der Waals surface area contributed by atoms with E-state index in [0.29, 0.717) is 6.54 Å². The van der Waals surface area contributed by atoms with Crippen LogP contribution in [0.25, 0.3) is 0 Å². The number of hydrogen-bond donors (Lipinski definition) is 1. The molecule has 1 saturated heterocycles. The Morgan fingerprint density at radius 2 is 1.48 bits per heavy atom. The lowest BCUT2D eigenvalue weighted by Gasteiger charge is -2.30. The smallest absolute Gasteiger partial charge is 0.409 e. The molecule has 2 aliphatic heterocycles. The van der Waals surface area contributed by atoms with Crippen molar-refractivity contribution in [1.29, 1.82) is 0 Å². The predicted molar refractivity (Wildman–Crippen MR) is 116 cm³/mol. The highest BCUT2D eigenvalue weighted by Gasteiger charge is 2.21. The maximum Gasteiger partial charge on any atom is 0.409 e. The van der Waals surface area contributed by atoms with E-state index >= 15 is 0 Å². The molecule has 1 aromatic carbocycles. The van der Waals surface area contributed by atoms with Crippen LogP contribution >= 0.6 is 0 Å². The number of hydrogen-bond acceptors (Lipinski definition) is 4. The molecule has 162 valence electrons. The van der Waals surface area contributed by atoms with Gasteiger partial charge in [-0.1, -0.05) is 69.2 Å². The third kappa shape index (κ3) is 7.63. The van der Waals surface area contributed by atoms with E-state index in [1.807, 2.05) is 4.90 Å². The number of aliphatic hydroxyl groups is 1. The average molecular weight is 403 g/mol. The Morgan fingerprint density at radius 3 is 2.14 bits per heavy atom. The van der Waals surface area contributed by atoms with E-state index in [4.69, 9.17) is 4.74 Å². The fourth-order valence-corrected chi connectivity index (χ4v) is 4.46. The molecule has 1 unspecified atom stereocenters. The lowest BCUT2D eigenvalue weighted by atomic mass is 10.00. The molecule has 1 amide bonds. The number of aliphatic hydroxyl groups excluding tert-OH is 1. The van der Waals surface area contributed by atoms with Crippen molar-refractivity contribution in [3.8, 4) is 0 Å². The summed E-state index contributed by atoms with van der Waals surface area (Å²) in [5.74, 6) is 0. The van der Waals surface area contributed by atoms with Crippen molar-refractivity contribution in [2.24, 2.45) is 0 Å². The van der Waals surface area contributed by atoms with Gasteiger partial charge in [0, 0.05) is 32.7 Å². The summed E-state index contributed by atoms with van der Waals surface area (Å²) < 4.78 is 5.49. The van der Waals surface area contributed by atoms with Crippen LogP contribution in [0.2, 0.25) is 0 Å². The molecule has 3 rings (SSSR count). The van der Waals surface area contributed by atoms with Crippen molar-refractivity contribution >= 4 is 6.09 Å². The summed E-state index contributed by atoms with van der Waals surface area (Å²) in [5.41, 5.74) is 2.74. The summed E-state index contributed by atoms with van der Waals surface area (Å²) >= 11 is 0. The van der Waals surface area contributed by atoms with Crippen LogP contribution in [-0.4, -0.2) is 59.9 Å². The number of carbonyl (C=O) groups excluding carboxylic acids is 1. The van der Waals surface area contributed by atoms with Gasteiger partial charge in [0.2, 0.25) is 0 Å². The molecule has 5 nitrogen and oxygen atoms in total. The normalized spacial score (nSPS) is 20.8. The van der Waals surface area contributed by atoms with Gasteiger partial charge in [0.25, 0.3) is 0 Å². The lowest BCUT2D eigenvalue weighted by molar-refractivity contribution is 0.0268. The van der Waals surface area contributed by atoms with E-state index in [1.165, 1.54) is 56.1 Å². The zero-order valence-electron chi connectivity index (χ0n) is 17.9. The number of amides is 1. The zero-order chi connectivity index (χ0) is 20.3. The molecule has 0 radical (unpaired) electrons. The van der Waals surface area contributed by atoms with Crippen molar-refractivity contribution in [1.82, 2.24) is 9.80 Å². The van der Waals surface area contributed by atoms with Crippen molar-refractivity contribution in [3.05, 3.63) is 35.4 Å². The summed E-state index contributed by atoms with van der Waals surface area (Å²) in [6.45, 7) is 3.96. The van der Waals surface area contributed by atoms with Gasteiger partial charge in [0.15, 0.2) is 0 Å². The molecular formula is C24H38N2O3. The topological polar surface area (TPSA) is 53.0 Å². The Hall–Kier alpha value is -1.59. The third-order valence-electron chi connectivity index (χ3n) is 6.19. The number of ether oxygens (including phenoxy) is 1. The molecule has 1 atom stereocenters. The minimum Gasteiger partial charge on any atom is -0.447 e. The van der Waals surface area contributed by atoms with Gasteiger partial charge in [-0.05, 0) is 30.4 Å². The number of rotatable bonds is 4. The fraction of sp³-hybridized carbons (Fsp3) is 0.708. The SMILES string of the molecule is O=C(OCC(O)CN1CCc2ccccc2C1)N1CCCCCCCCCCC1. The highest BCUT2D eigenvalue weighted by atomic mass is 16.6. The summed E-state index contributed by atoms with van der Waals surface area (Å²) in [6, 6.07) is 8.49. The van der Waals surface area contributed by atoms with Crippen LogP contribution in [0.4, 0.5) is 4.79 Å². The third-order valence-corrected chi connectivity index (χ3v) is 6.19. The van der Waals surface area contributed by atoms with E-state index in [1.54, 1.807) is 0 Å². The first-order chi connectivity index (χ1) is 14.2. The van der Waals surface area contributed by atoms with Gasteiger partial charge in [0.1, 0.15) is 12.7 Å². The fourth-order valence-electron chi connectivity index (χ4n) is 4.46. The van der Waals surface area contributed by atoms with E-state index in [-0.39, 0.29) is 12.7 Å². The first-order valence-electron chi connectivity index (χ1n) is 11.6. The molecule has 0 aromatic heterocycles. The zero-order valence-corrected chi connectivity index (χ0v) is 17.9. The van der Waals surface area contributed by atoms with Gasteiger partial charge in [-0.15, -0.1) is 0 Å². The number of fused-ring (bicyclic) bond motifs is 1. The maximum absolute atomic E-state index is 12.6. The van der Waals surface area contributed by atoms with Crippen LogP contribution < -0.4 is 0 Å². The molecule has 1 aromatic rings. The largest absolute Gasteiger partial charge is 0.447 e. The molecule has 1 N–H and O–H groups in total. The quantitative estimate of drug-likeness (QED) is 0.813. The van der Waals surface area contributed by atoms with Crippen LogP contribution in [-0.2, 0) is 17.7 Å². The molecular weight excluding hydrogens is 364 g/mol. The monoisotopic (exact) mass is 402 g/mol. The minimum absolute atomic E-state index is 0.0769. The first kappa shape index (κ1) is 22.1. The minimum atomic E-state index is -0.642. The Kier molecular flexibility index (Phi) is 9.29. The second kappa shape index (κ2) is 12.2. The Balaban J connectivity index is 1.40. The molecule has 2 heterocycles. The van der Waals surface area contributed by atoms with Crippen LogP contribution in [0.1, 0.15) is 68.9 Å². The standard InChI is InChI=1S/C24H38N2O3/c27-23(19-25-17-14-21-12-8-9-13-22(21)18-25)20-29-24(28)26-15-10-6-4-2-1-3-5-7-11-16-26/h8-9,12-13,23,27H,1-7,10-11,14-20H2. The van der Waals surface area contributed by atoms with Crippen LogP contribution in [0, 0.1) is 0 Å². The molecule has 5 heteroatoms. The van der Waals surface area contributed by atoms with E-state index in [2.05, 4.69) is 29.2 Å². The number of β-amino-alcohol motifs (C(OH)–C–C–N with tert-alkyl or cyclic N) is 1. The highest BCUT2D eigenvalue weighted by Crippen LogP contribution is 2.18. The molecule has 0 saturated carbocycles. The van der Waals surface area contributed by atoms with Crippen molar-refractivity contribution in [2.45, 2.75) is 76.9 Å². The number of carbonyl (C=O) groups is 1. The van der Waals surface area contributed by atoms with Crippen molar-refractivity contribution in [2.75, 3.05) is 32.8 Å². The van der Waals surface area contributed by atoms with E-state index in [0.717, 1.165) is 45.4 Å². The van der Waals surface area contributed by atoms with Gasteiger partial charge < -0.3 is 14.7 Å². The molecule has 1 fully saturated rings. The van der Waals surface area contributed by atoms with Gasteiger partial charge in [-0.2, -0.15) is 0 Å². The Morgan fingerprint density at radius 1 is 0.897 bits per heavy atom. The van der Waals surface area contributed by atoms with Crippen molar-refractivity contribution in [3.63, 3.8) is 0 Å². The summed E-state index contributed by atoms with van der Waals surface area (Å²) in [4.78, 5) is 16.7. The molecule has 0 aliphatic carbocycles. The molecule has 29 heavy (non-hydrogen) atoms. The van der Waals surface area contributed by atoms with E-state index in [9.17, 15) is 9.90 Å². The highest BCUT2D eigenvalue weighted by molar-refractivity contribution is 5.67. The van der Waals surface area contributed by atoms with Crippen LogP contribution in [0.3, 0.4) is 0 Å². The van der Waals surface area contributed by atoms with Gasteiger partial charge in [-0.25, -0.2) is 4.79 Å². The number of benzene rings is 1. The molecule has 0 bridgehead atoms. The van der Waals surface area contributed by atoms with E-state index < -0.39 is 6.10 Å². The van der Waals surface area contributed by atoms with Crippen LogP contribution in [0.15, 0.2) is 24.3 Å². The van der Waals surface area contributed by atoms with Crippen molar-refractivity contribution < 1.29 is 14.6 Å². The second-order valence-corrected chi connectivity index (χ2v) is 8.65. The maximum atomic E-state index is 12.6. The van der Waals surface area contributed by atoms with Crippen LogP contribution in [0.5, 0.6) is 0 Å². The average Bonchev–Trinajstić information content (AvgIpc) is 2.72. The summed E-state index contributed by atoms with van der Waals surface area (Å²) in [7, 11) is 0. The van der Waals surface area contributed by atoms with Gasteiger partial charge in [0.05, 0.1) is 0 Å². The molecule has 2 aliphatic rings.